The fraction of sp³-hybridized carbons (Fsp3) is 0.462. The van der Waals surface area contributed by atoms with Gasteiger partial charge in [-0.25, -0.2) is 8.42 Å². The van der Waals surface area contributed by atoms with Gasteiger partial charge < -0.3 is 19.7 Å². The summed E-state index contributed by atoms with van der Waals surface area (Å²) >= 11 is 12.8. The van der Waals surface area contributed by atoms with Crippen molar-refractivity contribution in [3.8, 4) is 11.5 Å². The number of halogens is 2. The number of anilines is 1. The molecule has 0 fully saturated rings. The Morgan fingerprint density at radius 1 is 1.05 bits per heavy atom. The van der Waals surface area contributed by atoms with Crippen molar-refractivity contribution in [3.63, 3.8) is 0 Å². The smallest absolute Gasteiger partial charge is 0.244 e. The summed E-state index contributed by atoms with van der Waals surface area (Å²) in [6.45, 7) is 3.55. The Morgan fingerprint density at radius 3 is 2.24 bits per heavy atom. The number of carbonyl (C=O) groups excluding carboxylic acids is 2. The summed E-state index contributed by atoms with van der Waals surface area (Å²) < 4.78 is 37.4. The Bertz CT molecular complexity index is 1210. The molecule has 2 rings (SSSR count). The zero-order valence-electron chi connectivity index (χ0n) is 22.3. The van der Waals surface area contributed by atoms with E-state index in [4.69, 9.17) is 32.7 Å². The van der Waals surface area contributed by atoms with Crippen molar-refractivity contribution >= 4 is 50.7 Å². The fourth-order valence-corrected chi connectivity index (χ4v) is 5.23. The lowest BCUT2D eigenvalue weighted by molar-refractivity contribution is -0.140. The molecule has 1 N–H and O–H groups in total. The van der Waals surface area contributed by atoms with Crippen LogP contribution in [0.15, 0.2) is 36.4 Å². The molecule has 0 aliphatic carbocycles. The van der Waals surface area contributed by atoms with Crippen LogP contribution in [-0.2, 0) is 26.2 Å². The molecule has 2 amide bonds. The summed E-state index contributed by atoms with van der Waals surface area (Å²) in [5.41, 5.74) is 0.577. The van der Waals surface area contributed by atoms with E-state index in [1.54, 1.807) is 37.3 Å². The van der Waals surface area contributed by atoms with Gasteiger partial charge >= 0.3 is 0 Å². The number of nitrogens with zero attached hydrogens (tertiary/aromatic N) is 2. The second kappa shape index (κ2) is 14.5. The lowest BCUT2D eigenvalue weighted by Gasteiger charge is -2.33. The molecule has 0 heterocycles. The number of hydrogen-bond acceptors (Lipinski definition) is 6. The van der Waals surface area contributed by atoms with Crippen LogP contribution in [-0.4, -0.2) is 64.7 Å². The molecule has 0 saturated heterocycles. The van der Waals surface area contributed by atoms with Crippen molar-refractivity contribution < 1.29 is 27.5 Å². The number of methoxy groups -OCH3 is 2. The number of nitrogens with one attached hydrogen (secondary N) is 1. The van der Waals surface area contributed by atoms with Crippen molar-refractivity contribution in [2.75, 3.05) is 37.9 Å². The highest BCUT2D eigenvalue weighted by Crippen LogP contribution is 2.34. The predicted octanol–water partition coefficient (Wildman–Crippen LogP) is 4.50. The number of benzene rings is 2. The van der Waals surface area contributed by atoms with Crippen LogP contribution >= 0.6 is 23.2 Å². The second-order valence-corrected chi connectivity index (χ2v) is 11.3. The lowest BCUT2D eigenvalue weighted by Crippen LogP contribution is -2.52. The predicted molar refractivity (Wildman–Crippen MR) is 151 cm³/mol. The van der Waals surface area contributed by atoms with Crippen LogP contribution < -0.4 is 19.1 Å². The molecule has 1 atom stereocenters. The molecule has 0 bridgehead atoms. The first-order valence-corrected chi connectivity index (χ1v) is 14.8. The first kappa shape index (κ1) is 31.5. The van der Waals surface area contributed by atoms with E-state index in [9.17, 15) is 18.0 Å². The van der Waals surface area contributed by atoms with Crippen molar-refractivity contribution in [2.24, 2.45) is 0 Å². The highest BCUT2D eigenvalue weighted by molar-refractivity contribution is 7.92. The SMILES string of the molecule is CCCCNC(=O)[C@@H](CC)N(Cc1c(Cl)cccc1Cl)C(=O)CN(c1cc(OC)ccc1OC)S(C)(=O)=O. The van der Waals surface area contributed by atoms with Gasteiger partial charge in [-0.2, -0.15) is 0 Å². The number of rotatable bonds is 14. The quantitative estimate of drug-likeness (QED) is 0.326. The van der Waals surface area contributed by atoms with Gasteiger partial charge in [-0.05, 0) is 37.1 Å². The summed E-state index contributed by atoms with van der Waals surface area (Å²) in [6, 6.07) is 8.69. The maximum Gasteiger partial charge on any atom is 0.244 e. The summed E-state index contributed by atoms with van der Waals surface area (Å²) in [7, 11) is -1.13. The van der Waals surface area contributed by atoms with E-state index < -0.39 is 28.5 Å². The third-order valence-corrected chi connectivity index (χ3v) is 7.77. The van der Waals surface area contributed by atoms with E-state index in [-0.39, 0.29) is 30.3 Å². The van der Waals surface area contributed by atoms with Gasteiger partial charge in [0.1, 0.15) is 24.1 Å². The van der Waals surface area contributed by atoms with Gasteiger partial charge in [0, 0.05) is 34.8 Å². The second-order valence-electron chi connectivity index (χ2n) is 8.60. The van der Waals surface area contributed by atoms with Crippen LogP contribution in [0, 0.1) is 0 Å². The molecule has 2 aromatic carbocycles. The van der Waals surface area contributed by atoms with Crippen molar-refractivity contribution in [3.05, 3.63) is 52.0 Å². The molecule has 9 nitrogen and oxygen atoms in total. The van der Waals surface area contributed by atoms with Gasteiger partial charge in [-0.3, -0.25) is 13.9 Å². The third-order valence-electron chi connectivity index (χ3n) is 5.94. The molecule has 0 aromatic heterocycles. The Morgan fingerprint density at radius 2 is 1.71 bits per heavy atom. The maximum absolute atomic E-state index is 13.9. The molecule has 2 aromatic rings. The first-order chi connectivity index (χ1) is 18.0. The van der Waals surface area contributed by atoms with Crippen molar-refractivity contribution in [1.82, 2.24) is 10.2 Å². The monoisotopic (exact) mass is 587 g/mol. The molecule has 0 aliphatic rings. The minimum absolute atomic E-state index is 0.0934. The van der Waals surface area contributed by atoms with Gasteiger partial charge in [0.2, 0.25) is 21.8 Å². The van der Waals surface area contributed by atoms with Crippen LogP contribution in [0.2, 0.25) is 10.0 Å². The maximum atomic E-state index is 13.9. The largest absolute Gasteiger partial charge is 0.497 e. The highest BCUT2D eigenvalue weighted by Gasteiger charge is 2.33. The van der Waals surface area contributed by atoms with Crippen LogP contribution in [0.3, 0.4) is 0 Å². The number of carbonyl (C=O) groups is 2. The van der Waals surface area contributed by atoms with Crippen LogP contribution in [0.25, 0.3) is 0 Å². The topological polar surface area (TPSA) is 105 Å². The number of sulfonamides is 1. The number of ether oxygens (including phenoxy) is 2. The van der Waals surface area contributed by atoms with Gasteiger partial charge in [-0.1, -0.05) is 49.5 Å². The normalized spacial score (nSPS) is 12.0. The lowest BCUT2D eigenvalue weighted by atomic mass is 10.1. The molecule has 0 spiro atoms. The fourth-order valence-electron chi connectivity index (χ4n) is 3.87. The third kappa shape index (κ3) is 8.15. The van der Waals surface area contributed by atoms with E-state index in [1.807, 2.05) is 6.92 Å². The Hall–Kier alpha value is -2.69. The molecule has 0 unspecified atom stereocenters. The summed E-state index contributed by atoms with van der Waals surface area (Å²) in [5.74, 6) is -0.353. The van der Waals surface area contributed by atoms with Gasteiger partial charge in [-0.15, -0.1) is 0 Å². The molecule has 38 heavy (non-hydrogen) atoms. The number of amides is 2. The van der Waals surface area contributed by atoms with Crippen LogP contribution in [0.5, 0.6) is 11.5 Å². The average Bonchev–Trinajstić information content (AvgIpc) is 2.87. The van der Waals surface area contributed by atoms with E-state index >= 15 is 0 Å². The van der Waals surface area contributed by atoms with Gasteiger partial charge in [0.15, 0.2) is 0 Å². The molecule has 12 heteroatoms. The Labute approximate surface area is 235 Å². The standard InChI is InChI=1S/C26H35Cl2N3O6S/c1-6-8-14-29-26(33)22(7-2)30(16-19-20(27)10-9-11-21(19)28)25(32)17-31(38(5,34)35)23-15-18(36-3)12-13-24(23)37-4/h9-13,15,22H,6-8,14,16-17H2,1-5H3,(H,29,33)/t22-/m1/s1. The summed E-state index contributed by atoms with van der Waals surface area (Å²) in [4.78, 5) is 28.3. The van der Waals surface area contributed by atoms with Crippen LogP contribution in [0.4, 0.5) is 5.69 Å². The molecular formula is C26H35Cl2N3O6S. The zero-order valence-corrected chi connectivity index (χ0v) is 24.6. The van der Waals surface area contributed by atoms with E-state index in [2.05, 4.69) is 5.32 Å². The Kier molecular flexibility index (Phi) is 12.0. The van der Waals surface area contributed by atoms with Crippen LogP contribution in [0.1, 0.15) is 38.7 Å². The number of hydrogen-bond donors (Lipinski definition) is 1. The van der Waals surface area contributed by atoms with Gasteiger partial charge in [0.05, 0.1) is 26.2 Å². The molecular weight excluding hydrogens is 553 g/mol. The van der Waals surface area contributed by atoms with Crippen molar-refractivity contribution in [2.45, 2.75) is 45.7 Å². The number of unbranched alkanes of at least 4 members (excludes halogenated alkanes) is 1. The minimum Gasteiger partial charge on any atom is -0.497 e. The van der Waals surface area contributed by atoms with E-state index in [0.29, 0.717) is 27.9 Å². The molecule has 210 valence electrons. The summed E-state index contributed by atoms with van der Waals surface area (Å²) in [6.07, 6.45) is 2.95. The zero-order chi connectivity index (χ0) is 28.5. The Balaban J connectivity index is 2.55. The average molecular weight is 589 g/mol. The van der Waals surface area contributed by atoms with E-state index in [1.165, 1.54) is 25.2 Å². The molecule has 0 radical (unpaired) electrons. The van der Waals surface area contributed by atoms with Crippen molar-refractivity contribution in [1.29, 1.82) is 0 Å². The molecule has 0 aliphatic heterocycles. The minimum atomic E-state index is -3.97. The highest BCUT2D eigenvalue weighted by atomic mass is 35.5. The molecule has 0 saturated carbocycles. The first-order valence-electron chi connectivity index (χ1n) is 12.2. The van der Waals surface area contributed by atoms with E-state index in [0.717, 1.165) is 23.4 Å². The summed E-state index contributed by atoms with van der Waals surface area (Å²) in [5, 5.41) is 3.52. The van der Waals surface area contributed by atoms with Gasteiger partial charge in [0.25, 0.3) is 0 Å².